The third-order valence-corrected chi connectivity index (χ3v) is 5.40. The van der Waals surface area contributed by atoms with E-state index < -0.39 is 0 Å². The Balaban J connectivity index is 1.57. The number of benzene rings is 3. The van der Waals surface area contributed by atoms with Gasteiger partial charge in [-0.25, -0.2) is 9.38 Å². The summed E-state index contributed by atoms with van der Waals surface area (Å²) in [6.07, 6.45) is 1.97. The van der Waals surface area contributed by atoms with Crippen molar-refractivity contribution in [2.24, 2.45) is 10.1 Å². The molecule has 0 atom stereocenters. The number of H-pyrrole nitrogens is 1. The van der Waals surface area contributed by atoms with Crippen molar-refractivity contribution in [3.63, 3.8) is 0 Å². The summed E-state index contributed by atoms with van der Waals surface area (Å²) in [7, 11) is 0. The average molecular weight is 397 g/mol. The molecule has 1 aliphatic heterocycles. The van der Waals surface area contributed by atoms with Gasteiger partial charge < -0.3 is 9.82 Å². The molecule has 1 aliphatic rings. The van der Waals surface area contributed by atoms with E-state index in [0.717, 1.165) is 44.6 Å². The molecule has 0 amide bonds. The van der Waals surface area contributed by atoms with Crippen LogP contribution in [0.2, 0.25) is 0 Å². The number of aromatic amines is 1. The van der Waals surface area contributed by atoms with Gasteiger partial charge in [0, 0.05) is 28.2 Å². The van der Waals surface area contributed by atoms with Gasteiger partial charge in [-0.15, -0.1) is 0 Å². The fraction of sp³-hybridized carbons (Fsp3) is 0.120. The number of nitrogens with zero attached hydrogens (tertiary/aromatic N) is 2. The third-order valence-electron chi connectivity index (χ3n) is 5.40. The predicted molar refractivity (Wildman–Crippen MR) is 118 cm³/mol. The van der Waals surface area contributed by atoms with E-state index in [1.807, 2.05) is 43.5 Å². The Morgan fingerprint density at radius 1 is 0.967 bits per heavy atom. The second-order valence-corrected chi connectivity index (χ2v) is 7.47. The van der Waals surface area contributed by atoms with Gasteiger partial charge in [0.1, 0.15) is 23.8 Å². The number of nitrogens with one attached hydrogen (secondary N) is 1. The van der Waals surface area contributed by atoms with E-state index in [2.05, 4.69) is 29.2 Å². The predicted octanol–water partition coefficient (Wildman–Crippen LogP) is 5.98. The van der Waals surface area contributed by atoms with Crippen molar-refractivity contribution in [1.29, 1.82) is 0 Å². The number of rotatable bonds is 4. The van der Waals surface area contributed by atoms with Crippen LogP contribution in [0.15, 0.2) is 77.0 Å². The Kier molecular flexibility index (Phi) is 4.43. The summed E-state index contributed by atoms with van der Waals surface area (Å²) < 4.78 is 13.5. The zero-order chi connectivity index (χ0) is 20.7. The highest BCUT2D eigenvalue weighted by Gasteiger charge is 2.27. The molecular weight excluding hydrogens is 377 g/mol. The monoisotopic (exact) mass is 397 g/mol. The summed E-state index contributed by atoms with van der Waals surface area (Å²) in [5.74, 6) is -0.290. The lowest BCUT2D eigenvalue weighted by Gasteiger charge is -2.06. The van der Waals surface area contributed by atoms with Gasteiger partial charge in [-0.2, -0.15) is 0 Å². The van der Waals surface area contributed by atoms with Crippen molar-refractivity contribution in [1.82, 2.24) is 4.98 Å². The van der Waals surface area contributed by atoms with Crippen molar-refractivity contribution in [3.8, 4) is 0 Å². The van der Waals surface area contributed by atoms with Gasteiger partial charge in [-0.1, -0.05) is 53.7 Å². The van der Waals surface area contributed by atoms with Crippen molar-refractivity contribution in [2.75, 3.05) is 0 Å². The van der Waals surface area contributed by atoms with Gasteiger partial charge in [0.15, 0.2) is 0 Å². The standard InChI is InChI=1S/C25H20FN3O/c1-15-6-3-10-19-21(13-27-22(15)19)24-25(20-11-4-7-16(2)23(20)28-24)29-30-14-17-8-5-9-18(26)12-17/h3-13,27H,14H2,1-2H3/b29-25+. The molecule has 148 valence electrons. The molecule has 4 nitrogen and oxygen atoms in total. The average Bonchev–Trinajstić information content (AvgIpc) is 3.31. The Labute approximate surface area is 173 Å². The number of oxime groups is 1. The highest BCUT2D eigenvalue weighted by molar-refractivity contribution is 6.58. The molecule has 0 unspecified atom stereocenters. The molecule has 5 heteroatoms. The number of aromatic nitrogens is 1. The van der Waals surface area contributed by atoms with Crippen LogP contribution in [-0.4, -0.2) is 16.4 Å². The molecule has 30 heavy (non-hydrogen) atoms. The molecule has 4 aromatic rings. The van der Waals surface area contributed by atoms with Crippen LogP contribution in [0.3, 0.4) is 0 Å². The van der Waals surface area contributed by atoms with E-state index in [1.165, 1.54) is 17.7 Å². The molecule has 5 rings (SSSR count). The van der Waals surface area contributed by atoms with Crippen molar-refractivity contribution < 1.29 is 9.23 Å². The highest BCUT2D eigenvalue weighted by atomic mass is 19.1. The molecule has 0 saturated heterocycles. The van der Waals surface area contributed by atoms with E-state index in [0.29, 0.717) is 5.71 Å². The number of aryl methyl sites for hydroxylation is 2. The SMILES string of the molecule is Cc1cccc2c1N=C(c1c[nH]c3c(C)cccc13)/C2=N/OCc1cccc(F)c1. The number of para-hydroxylation sites is 2. The zero-order valence-electron chi connectivity index (χ0n) is 16.7. The molecule has 2 heterocycles. The lowest BCUT2D eigenvalue weighted by Crippen LogP contribution is -2.13. The molecule has 0 radical (unpaired) electrons. The molecule has 0 bridgehead atoms. The molecule has 0 aliphatic carbocycles. The minimum absolute atomic E-state index is 0.183. The number of aliphatic imine (C=N–C) groups is 1. The van der Waals surface area contributed by atoms with Crippen LogP contribution in [0.4, 0.5) is 10.1 Å². The number of fused-ring (bicyclic) bond motifs is 2. The topological polar surface area (TPSA) is 49.7 Å². The summed E-state index contributed by atoms with van der Waals surface area (Å²) in [6.45, 7) is 4.30. The van der Waals surface area contributed by atoms with Gasteiger partial charge in [0.25, 0.3) is 0 Å². The molecular formula is C25H20FN3O. The first-order valence-corrected chi connectivity index (χ1v) is 9.82. The fourth-order valence-electron chi connectivity index (χ4n) is 3.87. The molecule has 0 fully saturated rings. The minimum atomic E-state index is -0.290. The first-order chi connectivity index (χ1) is 14.6. The van der Waals surface area contributed by atoms with Gasteiger partial charge >= 0.3 is 0 Å². The summed E-state index contributed by atoms with van der Waals surface area (Å²) in [5.41, 5.74) is 8.35. The van der Waals surface area contributed by atoms with E-state index in [9.17, 15) is 4.39 Å². The molecule has 0 saturated carbocycles. The van der Waals surface area contributed by atoms with E-state index >= 15 is 0 Å². The van der Waals surface area contributed by atoms with Crippen molar-refractivity contribution >= 4 is 28.0 Å². The van der Waals surface area contributed by atoms with Crippen molar-refractivity contribution in [2.45, 2.75) is 20.5 Å². The Morgan fingerprint density at radius 2 is 1.77 bits per heavy atom. The van der Waals surface area contributed by atoms with E-state index in [4.69, 9.17) is 9.83 Å². The van der Waals surface area contributed by atoms with Crippen LogP contribution >= 0.6 is 0 Å². The maximum absolute atomic E-state index is 13.5. The lowest BCUT2D eigenvalue weighted by atomic mass is 10.00. The highest BCUT2D eigenvalue weighted by Crippen LogP contribution is 2.34. The minimum Gasteiger partial charge on any atom is -0.390 e. The molecule has 1 N–H and O–H groups in total. The Morgan fingerprint density at radius 3 is 2.63 bits per heavy atom. The number of hydrogen-bond donors (Lipinski definition) is 1. The largest absolute Gasteiger partial charge is 0.390 e. The lowest BCUT2D eigenvalue weighted by molar-refractivity contribution is 0.131. The second-order valence-electron chi connectivity index (χ2n) is 7.47. The van der Waals surface area contributed by atoms with Crippen LogP contribution in [0, 0.1) is 19.7 Å². The first kappa shape index (κ1) is 18.3. The smallest absolute Gasteiger partial charge is 0.142 e. The van der Waals surface area contributed by atoms with Crippen LogP contribution < -0.4 is 0 Å². The van der Waals surface area contributed by atoms with Gasteiger partial charge in [0.2, 0.25) is 0 Å². The first-order valence-electron chi connectivity index (χ1n) is 9.82. The van der Waals surface area contributed by atoms with Crippen LogP contribution in [0.25, 0.3) is 10.9 Å². The third kappa shape index (κ3) is 3.08. The Bertz CT molecular complexity index is 1330. The zero-order valence-corrected chi connectivity index (χ0v) is 16.7. The van der Waals surface area contributed by atoms with Gasteiger partial charge in [-0.3, -0.25) is 0 Å². The normalized spacial score (nSPS) is 14.2. The Hall–Kier alpha value is -3.73. The number of hydrogen-bond acceptors (Lipinski definition) is 3. The fourth-order valence-corrected chi connectivity index (χ4v) is 3.87. The van der Waals surface area contributed by atoms with Gasteiger partial charge in [0.05, 0.1) is 5.69 Å². The van der Waals surface area contributed by atoms with Crippen LogP contribution in [0.5, 0.6) is 0 Å². The summed E-state index contributed by atoms with van der Waals surface area (Å²) in [6, 6.07) is 18.6. The number of halogens is 1. The maximum atomic E-state index is 13.5. The quantitative estimate of drug-likeness (QED) is 0.423. The van der Waals surface area contributed by atoms with Gasteiger partial charge in [-0.05, 0) is 42.7 Å². The summed E-state index contributed by atoms with van der Waals surface area (Å²) in [4.78, 5) is 13.9. The molecule has 3 aromatic carbocycles. The molecule has 1 aromatic heterocycles. The summed E-state index contributed by atoms with van der Waals surface area (Å²) >= 11 is 0. The summed E-state index contributed by atoms with van der Waals surface area (Å²) in [5, 5.41) is 5.54. The van der Waals surface area contributed by atoms with Crippen LogP contribution in [0.1, 0.15) is 27.8 Å². The second kappa shape index (κ2) is 7.26. The van der Waals surface area contributed by atoms with Crippen molar-refractivity contribution in [3.05, 3.63) is 100 Å². The maximum Gasteiger partial charge on any atom is 0.142 e. The van der Waals surface area contributed by atoms with E-state index in [-0.39, 0.29) is 12.4 Å². The van der Waals surface area contributed by atoms with E-state index in [1.54, 1.807) is 6.07 Å². The van der Waals surface area contributed by atoms with Crippen LogP contribution in [-0.2, 0) is 11.4 Å². The molecule has 0 spiro atoms.